The van der Waals surface area contributed by atoms with Crippen molar-refractivity contribution in [3.8, 4) is 5.75 Å². The van der Waals surface area contributed by atoms with Crippen LogP contribution in [0.2, 0.25) is 0 Å². The summed E-state index contributed by atoms with van der Waals surface area (Å²) in [6, 6.07) is 5.93. The number of aromatic hydroxyl groups is 1. The van der Waals surface area contributed by atoms with Crippen LogP contribution in [0.4, 0.5) is 0 Å². The summed E-state index contributed by atoms with van der Waals surface area (Å²) < 4.78 is 0. The van der Waals surface area contributed by atoms with E-state index in [-0.39, 0.29) is 18.4 Å². The second-order valence-electron chi connectivity index (χ2n) is 5.20. The fourth-order valence-corrected chi connectivity index (χ4v) is 2.23. The molecule has 0 amide bonds. The molecule has 5 nitrogen and oxygen atoms in total. The summed E-state index contributed by atoms with van der Waals surface area (Å²) in [6.45, 7) is 4.19. The van der Waals surface area contributed by atoms with Gasteiger partial charge in [0.2, 0.25) is 0 Å². The Morgan fingerprint density at radius 1 is 1.29 bits per heavy atom. The van der Waals surface area contributed by atoms with Crippen molar-refractivity contribution in [1.82, 2.24) is 14.9 Å². The molecule has 0 bridgehead atoms. The molecule has 0 aliphatic heterocycles. The van der Waals surface area contributed by atoms with E-state index in [1.807, 2.05) is 25.2 Å². The lowest BCUT2D eigenvalue weighted by Crippen LogP contribution is -2.23. The number of pyridine rings is 2. The number of aryl methyl sites for hydroxylation is 1. The number of rotatable bonds is 5. The molecule has 0 aliphatic carbocycles. The van der Waals surface area contributed by atoms with E-state index >= 15 is 0 Å². The molecule has 112 valence electrons. The number of aliphatic hydroxyl groups excluding tert-OH is 1. The van der Waals surface area contributed by atoms with Crippen molar-refractivity contribution in [3.05, 3.63) is 53.1 Å². The van der Waals surface area contributed by atoms with Crippen LogP contribution in [-0.4, -0.2) is 32.1 Å². The highest BCUT2D eigenvalue weighted by Gasteiger charge is 2.18. The van der Waals surface area contributed by atoms with Crippen LogP contribution in [0.1, 0.15) is 35.5 Å². The van der Waals surface area contributed by atoms with Gasteiger partial charge in [-0.05, 0) is 33.0 Å². The molecular weight excluding hydrogens is 266 g/mol. The standard InChI is InChI=1S/C16H21N3O2/c1-11-16(21)14(13(10-20)8-18-11)9-19(3)12(2)15-6-4-5-7-17-15/h4-8,12,20-21H,9-10H2,1-3H3. The van der Waals surface area contributed by atoms with Gasteiger partial charge in [0, 0.05) is 36.1 Å². The lowest BCUT2D eigenvalue weighted by Gasteiger charge is -2.25. The number of hydrogen-bond donors (Lipinski definition) is 2. The second-order valence-corrected chi connectivity index (χ2v) is 5.20. The van der Waals surface area contributed by atoms with E-state index in [0.717, 1.165) is 11.3 Å². The van der Waals surface area contributed by atoms with Crippen molar-refractivity contribution < 1.29 is 10.2 Å². The number of nitrogens with zero attached hydrogens (tertiary/aromatic N) is 3. The van der Waals surface area contributed by atoms with Gasteiger partial charge in [0.15, 0.2) is 0 Å². The van der Waals surface area contributed by atoms with Gasteiger partial charge < -0.3 is 10.2 Å². The van der Waals surface area contributed by atoms with Gasteiger partial charge in [-0.3, -0.25) is 14.9 Å². The van der Waals surface area contributed by atoms with Crippen molar-refractivity contribution in [2.75, 3.05) is 7.05 Å². The van der Waals surface area contributed by atoms with Crippen LogP contribution in [0, 0.1) is 6.92 Å². The number of aromatic nitrogens is 2. The molecule has 0 aromatic carbocycles. The lowest BCUT2D eigenvalue weighted by molar-refractivity contribution is 0.237. The van der Waals surface area contributed by atoms with Crippen molar-refractivity contribution >= 4 is 0 Å². The Morgan fingerprint density at radius 3 is 2.67 bits per heavy atom. The molecule has 2 heterocycles. The van der Waals surface area contributed by atoms with E-state index in [9.17, 15) is 10.2 Å². The Hall–Kier alpha value is -1.98. The average Bonchev–Trinajstić information content (AvgIpc) is 2.52. The highest BCUT2D eigenvalue weighted by Crippen LogP contribution is 2.27. The van der Waals surface area contributed by atoms with E-state index in [1.54, 1.807) is 19.3 Å². The number of aliphatic hydroxyl groups is 1. The SMILES string of the molecule is Cc1ncc(CO)c(CN(C)C(C)c2ccccn2)c1O. The maximum atomic E-state index is 10.2. The largest absolute Gasteiger partial charge is 0.506 e. The number of hydrogen-bond acceptors (Lipinski definition) is 5. The predicted molar refractivity (Wildman–Crippen MR) is 80.7 cm³/mol. The van der Waals surface area contributed by atoms with Gasteiger partial charge in [-0.1, -0.05) is 6.07 Å². The summed E-state index contributed by atoms with van der Waals surface area (Å²) in [5.74, 6) is 0.154. The highest BCUT2D eigenvalue weighted by atomic mass is 16.3. The minimum atomic E-state index is -0.137. The van der Waals surface area contributed by atoms with E-state index in [1.165, 1.54) is 0 Å². The normalized spacial score (nSPS) is 12.6. The van der Waals surface area contributed by atoms with Gasteiger partial charge in [0.1, 0.15) is 5.75 Å². The molecule has 0 fully saturated rings. The fraction of sp³-hybridized carbons (Fsp3) is 0.375. The molecule has 0 radical (unpaired) electrons. The molecule has 21 heavy (non-hydrogen) atoms. The van der Waals surface area contributed by atoms with Gasteiger partial charge >= 0.3 is 0 Å². The van der Waals surface area contributed by atoms with Gasteiger partial charge in [-0.2, -0.15) is 0 Å². The molecule has 0 aliphatic rings. The third kappa shape index (κ3) is 3.37. The minimum Gasteiger partial charge on any atom is -0.506 e. The highest BCUT2D eigenvalue weighted by molar-refractivity contribution is 5.40. The maximum Gasteiger partial charge on any atom is 0.141 e. The van der Waals surface area contributed by atoms with E-state index in [4.69, 9.17) is 0 Å². The summed E-state index contributed by atoms with van der Waals surface area (Å²) in [7, 11) is 1.97. The van der Waals surface area contributed by atoms with Crippen molar-refractivity contribution in [1.29, 1.82) is 0 Å². The monoisotopic (exact) mass is 287 g/mol. The predicted octanol–water partition coefficient (Wildman–Crippen LogP) is 2.18. The van der Waals surface area contributed by atoms with Gasteiger partial charge in [-0.25, -0.2) is 0 Å². The third-order valence-corrected chi connectivity index (χ3v) is 3.79. The summed E-state index contributed by atoms with van der Waals surface area (Å²) >= 11 is 0. The Balaban J connectivity index is 2.23. The van der Waals surface area contributed by atoms with Gasteiger partial charge in [0.25, 0.3) is 0 Å². The first-order chi connectivity index (χ1) is 10.0. The zero-order valence-electron chi connectivity index (χ0n) is 12.6. The molecule has 1 unspecified atom stereocenters. The molecule has 2 aromatic heterocycles. The van der Waals surface area contributed by atoms with Crippen LogP contribution in [0.5, 0.6) is 5.75 Å². The zero-order chi connectivity index (χ0) is 15.4. The first-order valence-electron chi connectivity index (χ1n) is 6.93. The Labute approximate surface area is 124 Å². The van der Waals surface area contributed by atoms with Gasteiger partial charge in [-0.15, -0.1) is 0 Å². The average molecular weight is 287 g/mol. The summed E-state index contributed by atoms with van der Waals surface area (Å²) in [6.07, 6.45) is 3.39. The smallest absolute Gasteiger partial charge is 0.141 e. The maximum absolute atomic E-state index is 10.2. The van der Waals surface area contributed by atoms with Crippen LogP contribution < -0.4 is 0 Å². The summed E-state index contributed by atoms with van der Waals surface area (Å²) in [5.41, 5.74) is 2.91. The van der Waals surface area contributed by atoms with E-state index < -0.39 is 0 Å². The topological polar surface area (TPSA) is 69.5 Å². The molecule has 0 saturated heterocycles. The third-order valence-electron chi connectivity index (χ3n) is 3.79. The van der Waals surface area contributed by atoms with Crippen molar-refractivity contribution in [3.63, 3.8) is 0 Å². The van der Waals surface area contributed by atoms with Gasteiger partial charge in [0.05, 0.1) is 18.0 Å². The molecule has 2 aromatic rings. The molecular formula is C16H21N3O2. The zero-order valence-corrected chi connectivity index (χ0v) is 12.6. The summed E-state index contributed by atoms with van der Waals surface area (Å²) in [5, 5.41) is 19.6. The molecule has 0 saturated carbocycles. The van der Waals surface area contributed by atoms with Crippen LogP contribution in [0.15, 0.2) is 30.6 Å². The second kappa shape index (κ2) is 6.65. The molecule has 2 N–H and O–H groups in total. The summed E-state index contributed by atoms with van der Waals surface area (Å²) in [4.78, 5) is 10.5. The van der Waals surface area contributed by atoms with E-state index in [0.29, 0.717) is 17.8 Å². The Morgan fingerprint density at radius 2 is 2.05 bits per heavy atom. The molecule has 0 spiro atoms. The van der Waals surface area contributed by atoms with Crippen LogP contribution in [0.25, 0.3) is 0 Å². The lowest BCUT2D eigenvalue weighted by atomic mass is 10.1. The van der Waals surface area contributed by atoms with Crippen LogP contribution in [0.3, 0.4) is 0 Å². The fourth-order valence-electron chi connectivity index (χ4n) is 2.23. The Bertz CT molecular complexity index is 602. The molecule has 5 heteroatoms. The van der Waals surface area contributed by atoms with Crippen molar-refractivity contribution in [2.45, 2.75) is 33.0 Å². The van der Waals surface area contributed by atoms with Crippen LogP contribution in [-0.2, 0) is 13.2 Å². The quantitative estimate of drug-likeness (QED) is 0.882. The molecule has 1 atom stereocenters. The first-order valence-corrected chi connectivity index (χ1v) is 6.93. The van der Waals surface area contributed by atoms with Crippen LogP contribution >= 0.6 is 0 Å². The molecule has 2 rings (SSSR count). The van der Waals surface area contributed by atoms with E-state index in [2.05, 4.69) is 21.8 Å². The van der Waals surface area contributed by atoms with Crippen molar-refractivity contribution in [2.24, 2.45) is 0 Å². The Kier molecular flexibility index (Phi) is 4.88. The first kappa shape index (κ1) is 15.4. The minimum absolute atomic E-state index is 0.102.